The summed E-state index contributed by atoms with van der Waals surface area (Å²) < 4.78 is 0. The first kappa shape index (κ1) is 30.7. The predicted octanol–water partition coefficient (Wildman–Crippen LogP) is 0.0861. The Labute approximate surface area is 175 Å². The minimum Gasteiger partial charge on any atom is -1.00 e. The van der Waals surface area contributed by atoms with Crippen molar-refractivity contribution in [2.75, 3.05) is 0 Å². The summed E-state index contributed by atoms with van der Waals surface area (Å²) in [5.74, 6) is 0. The van der Waals surface area contributed by atoms with Crippen LogP contribution in [-0.4, -0.2) is 0 Å². The summed E-state index contributed by atoms with van der Waals surface area (Å²) in [6.45, 7) is 23.4. The van der Waals surface area contributed by atoms with Gasteiger partial charge in [-0.3, -0.25) is 0 Å². The second-order valence-corrected chi connectivity index (χ2v) is 5.52. The number of halogens is 2. The Morgan fingerprint density at radius 3 is 0.913 bits per heavy atom. The molecule has 128 valence electrons. The Kier molecular flexibility index (Phi) is 19.1. The average molecular weight is 433 g/mol. The van der Waals surface area contributed by atoms with Gasteiger partial charge in [0.25, 0.3) is 0 Å². The zero-order chi connectivity index (χ0) is 16.0. The fraction of sp³-hybridized carbons (Fsp3) is 0.400. The normalized spacial score (nSPS) is 8.17. The molecule has 0 aliphatic carbocycles. The van der Waals surface area contributed by atoms with Gasteiger partial charge in [-0.2, -0.15) is 56.6 Å². The first-order chi connectivity index (χ1) is 9.25. The molecule has 2 aromatic rings. The summed E-state index contributed by atoms with van der Waals surface area (Å²) in [6.07, 6.45) is 0. The van der Waals surface area contributed by atoms with Crippen LogP contribution in [0.15, 0.2) is 25.3 Å². The Morgan fingerprint density at radius 2 is 0.870 bits per heavy atom. The van der Waals surface area contributed by atoms with Gasteiger partial charge in [0.1, 0.15) is 0 Å². The maximum absolute atomic E-state index is 3.00. The molecule has 0 atom stereocenters. The van der Waals surface area contributed by atoms with E-state index < -0.39 is 0 Å². The molecule has 0 aliphatic heterocycles. The van der Waals surface area contributed by atoms with Crippen LogP contribution < -0.4 is 24.8 Å². The van der Waals surface area contributed by atoms with Gasteiger partial charge < -0.3 is 24.8 Å². The van der Waals surface area contributed by atoms with Crippen LogP contribution in [0, 0.1) is 55.4 Å². The van der Waals surface area contributed by atoms with E-state index in [1.54, 1.807) is 0 Å². The standard InChI is InChI=1S/2C9H13.C2H4.2ClH.Zr/c2*1-6-5-7(2)9(4)8(6)3;1-2;;;/h2*5H,1-4H3;1-2H2;2*1H;/q2*-1;;;;+4/p-2. The first-order valence-electron chi connectivity index (χ1n) is 7.15. The van der Waals surface area contributed by atoms with Crippen molar-refractivity contribution in [3.05, 3.63) is 69.8 Å². The van der Waals surface area contributed by atoms with Crippen molar-refractivity contribution >= 4 is 0 Å². The number of hydrogen-bond acceptors (Lipinski definition) is 0. The summed E-state index contributed by atoms with van der Waals surface area (Å²) in [5, 5.41) is 0. The molecule has 0 bridgehead atoms. The van der Waals surface area contributed by atoms with Gasteiger partial charge in [0.2, 0.25) is 0 Å². The molecule has 2 rings (SSSR count). The van der Waals surface area contributed by atoms with Gasteiger partial charge in [-0.15, -0.1) is 13.2 Å². The Bertz CT molecular complexity index is 467. The van der Waals surface area contributed by atoms with Crippen LogP contribution in [0.2, 0.25) is 0 Å². The van der Waals surface area contributed by atoms with Gasteiger partial charge in [-0.05, 0) is 0 Å². The number of hydrogen-bond donors (Lipinski definition) is 0. The van der Waals surface area contributed by atoms with Crippen molar-refractivity contribution in [3.8, 4) is 0 Å². The quantitative estimate of drug-likeness (QED) is 0.409. The third kappa shape index (κ3) is 8.52. The van der Waals surface area contributed by atoms with Gasteiger partial charge >= 0.3 is 26.2 Å². The fourth-order valence-electron chi connectivity index (χ4n) is 2.27. The van der Waals surface area contributed by atoms with E-state index in [2.05, 4.69) is 80.7 Å². The zero-order valence-electron chi connectivity index (χ0n) is 15.8. The largest absolute Gasteiger partial charge is 4.00 e. The Hall–Kier alpha value is -0.0969. The van der Waals surface area contributed by atoms with Gasteiger partial charge in [0.15, 0.2) is 0 Å². The second-order valence-electron chi connectivity index (χ2n) is 5.52. The number of aryl methyl sites for hydroxylation is 4. The summed E-state index contributed by atoms with van der Waals surface area (Å²) in [6, 6.07) is 4.48. The van der Waals surface area contributed by atoms with Crippen molar-refractivity contribution in [1.82, 2.24) is 0 Å². The van der Waals surface area contributed by atoms with Crippen LogP contribution in [0.4, 0.5) is 0 Å². The van der Waals surface area contributed by atoms with Crippen molar-refractivity contribution in [2.24, 2.45) is 0 Å². The molecular weight excluding hydrogens is 402 g/mol. The molecule has 0 spiro atoms. The van der Waals surface area contributed by atoms with Gasteiger partial charge in [-0.25, -0.2) is 0 Å². The molecule has 2 aromatic carbocycles. The topological polar surface area (TPSA) is 0 Å². The van der Waals surface area contributed by atoms with E-state index in [1.807, 2.05) is 0 Å². The molecule has 0 aliphatic rings. The van der Waals surface area contributed by atoms with Crippen LogP contribution in [-0.2, 0) is 26.2 Å². The third-order valence-corrected chi connectivity index (χ3v) is 4.36. The number of rotatable bonds is 0. The van der Waals surface area contributed by atoms with E-state index >= 15 is 0 Å². The maximum atomic E-state index is 3.00. The van der Waals surface area contributed by atoms with Crippen molar-refractivity contribution < 1.29 is 51.0 Å². The Balaban J connectivity index is -0.000000127. The van der Waals surface area contributed by atoms with Crippen molar-refractivity contribution in [3.63, 3.8) is 0 Å². The maximum Gasteiger partial charge on any atom is 4.00 e. The van der Waals surface area contributed by atoms with Crippen LogP contribution in [0.1, 0.15) is 44.5 Å². The first-order valence-corrected chi connectivity index (χ1v) is 7.15. The van der Waals surface area contributed by atoms with Crippen molar-refractivity contribution in [2.45, 2.75) is 55.4 Å². The summed E-state index contributed by atoms with van der Waals surface area (Å²) in [7, 11) is 0. The SMILES string of the molecule is C=C.Cc1c[c-](C)c(C)c1C.Cc1c[c-](C)c(C)c1C.[Cl-].[Cl-].[Zr+4]. The molecule has 0 N–H and O–H groups in total. The van der Waals surface area contributed by atoms with Crippen molar-refractivity contribution in [1.29, 1.82) is 0 Å². The smallest absolute Gasteiger partial charge is 1.00 e. The van der Waals surface area contributed by atoms with E-state index in [9.17, 15) is 0 Å². The molecule has 0 unspecified atom stereocenters. The molecule has 0 radical (unpaired) electrons. The van der Waals surface area contributed by atoms with E-state index in [-0.39, 0.29) is 51.0 Å². The monoisotopic (exact) mass is 430 g/mol. The molecule has 0 fully saturated rings. The minimum absolute atomic E-state index is 0. The van der Waals surface area contributed by atoms with Crippen LogP contribution in [0.25, 0.3) is 0 Å². The molecule has 3 heteroatoms. The van der Waals surface area contributed by atoms with Crippen LogP contribution in [0.5, 0.6) is 0 Å². The molecular formula is C20H30Cl2Zr. The van der Waals surface area contributed by atoms with E-state index in [0.717, 1.165) is 0 Å². The fourth-order valence-corrected chi connectivity index (χ4v) is 2.27. The summed E-state index contributed by atoms with van der Waals surface area (Å²) in [4.78, 5) is 0. The molecule has 0 saturated carbocycles. The molecule has 0 aromatic heterocycles. The third-order valence-electron chi connectivity index (χ3n) is 4.36. The summed E-state index contributed by atoms with van der Waals surface area (Å²) >= 11 is 0. The van der Waals surface area contributed by atoms with E-state index in [1.165, 1.54) is 44.5 Å². The molecule has 0 amide bonds. The molecule has 23 heavy (non-hydrogen) atoms. The van der Waals surface area contributed by atoms with Gasteiger partial charge in [0.05, 0.1) is 0 Å². The predicted molar refractivity (Wildman–Crippen MR) is 93.2 cm³/mol. The molecule has 0 nitrogen and oxygen atoms in total. The van der Waals surface area contributed by atoms with Crippen LogP contribution in [0.3, 0.4) is 0 Å². The van der Waals surface area contributed by atoms with E-state index in [4.69, 9.17) is 0 Å². The van der Waals surface area contributed by atoms with Gasteiger partial charge in [0, 0.05) is 0 Å². The van der Waals surface area contributed by atoms with Crippen LogP contribution >= 0.6 is 0 Å². The molecule has 0 saturated heterocycles. The molecule has 0 heterocycles. The van der Waals surface area contributed by atoms with E-state index in [0.29, 0.717) is 0 Å². The Morgan fingerprint density at radius 1 is 0.652 bits per heavy atom. The summed E-state index contributed by atoms with van der Waals surface area (Å²) in [5.41, 5.74) is 11.5. The van der Waals surface area contributed by atoms with Gasteiger partial charge in [-0.1, -0.05) is 55.4 Å². The second kappa shape index (κ2) is 14.3. The zero-order valence-corrected chi connectivity index (χ0v) is 19.8. The minimum atomic E-state index is 0. The average Bonchev–Trinajstić information content (AvgIpc) is 2.78.